The molecule has 0 bridgehead atoms. The summed E-state index contributed by atoms with van der Waals surface area (Å²) in [7, 11) is 0. The molecule has 2 nitrogen and oxygen atoms in total. The van der Waals surface area contributed by atoms with Crippen LogP contribution in [0.1, 0.15) is 41.1 Å². The van der Waals surface area contributed by atoms with Gasteiger partial charge in [0.15, 0.2) is 0 Å². The summed E-state index contributed by atoms with van der Waals surface area (Å²) >= 11 is 0. The lowest BCUT2D eigenvalue weighted by molar-refractivity contribution is -0.110. The van der Waals surface area contributed by atoms with Gasteiger partial charge >= 0.3 is 0 Å². The number of carbonyl (C=O) groups excluding carboxylic acids is 1. The van der Waals surface area contributed by atoms with Crippen LogP contribution in [0.15, 0.2) is 84.9 Å². The summed E-state index contributed by atoms with van der Waals surface area (Å²) in [6.07, 6.45) is 5.33. The van der Waals surface area contributed by atoms with Gasteiger partial charge in [-0.2, -0.15) is 0 Å². The van der Waals surface area contributed by atoms with Crippen LogP contribution in [0.2, 0.25) is 0 Å². The van der Waals surface area contributed by atoms with Crippen molar-refractivity contribution in [1.29, 1.82) is 0 Å². The molecule has 4 rings (SSSR count). The van der Waals surface area contributed by atoms with E-state index in [2.05, 4.69) is 78.1 Å². The zero-order valence-corrected chi connectivity index (χ0v) is 16.1. The van der Waals surface area contributed by atoms with Gasteiger partial charge in [-0.3, -0.25) is 5.32 Å². The number of fused-ring (bicyclic) bond motifs is 1. The lowest BCUT2D eigenvalue weighted by Gasteiger charge is -2.29. The van der Waals surface area contributed by atoms with E-state index in [0.29, 0.717) is 5.92 Å². The van der Waals surface area contributed by atoms with Gasteiger partial charge in [-0.25, -0.2) is 0 Å². The lowest BCUT2D eigenvalue weighted by Crippen LogP contribution is -2.37. The molecule has 2 atom stereocenters. The van der Waals surface area contributed by atoms with Gasteiger partial charge in [0.25, 0.3) is 0 Å². The molecule has 3 aromatic carbocycles. The Bertz CT molecular complexity index is 851. The van der Waals surface area contributed by atoms with Crippen molar-refractivity contribution in [2.75, 3.05) is 0 Å². The van der Waals surface area contributed by atoms with Crippen molar-refractivity contribution in [3.05, 3.63) is 107 Å². The predicted molar refractivity (Wildman–Crippen MR) is 114 cm³/mol. The van der Waals surface area contributed by atoms with Crippen molar-refractivity contribution < 1.29 is 4.79 Å². The molecule has 0 spiro atoms. The Morgan fingerprint density at radius 1 is 0.821 bits per heavy atom. The molecule has 142 valence electrons. The summed E-state index contributed by atoms with van der Waals surface area (Å²) in [5.41, 5.74) is 5.30. The van der Waals surface area contributed by atoms with E-state index in [9.17, 15) is 4.79 Å². The number of hydrogen-bond acceptors (Lipinski definition) is 2. The van der Waals surface area contributed by atoms with Gasteiger partial charge in [-0.15, -0.1) is 0 Å². The van der Waals surface area contributed by atoms with Gasteiger partial charge in [0.05, 0.1) is 12.1 Å². The van der Waals surface area contributed by atoms with E-state index in [1.54, 1.807) is 0 Å². The summed E-state index contributed by atoms with van der Waals surface area (Å²) < 4.78 is 0. The number of carbonyl (C=O) groups is 1. The van der Waals surface area contributed by atoms with Gasteiger partial charge in [-0.05, 0) is 53.9 Å². The van der Waals surface area contributed by atoms with E-state index in [1.807, 2.05) is 12.1 Å². The number of benzene rings is 3. The first-order chi connectivity index (χ1) is 13.8. The highest BCUT2D eigenvalue weighted by atomic mass is 16.1. The van der Waals surface area contributed by atoms with Crippen molar-refractivity contribution in [1.82, 2.24) is 5.32 Å². The Hall–Kier alpha value is -2.71. The maximum absolute atomic E-state index is 12.0. The summed E-state index contributed by atoms with van der Waals surface area (Å²) in [5, 5.41) is 3.64. The molecular formula is C26H27NO. The van der Waals surface area contributed by atoms with E-state index in [1.165, 1.54) is 22.3 Å². The van der Waals surface area contributed by atoms with Crippen molar-refractivity contribution >= 4 is 6.29 Å². The zero-order valence-electron chi connectivity index (χ0n) is 16.1. The Kier molecular flexibility index (Phi) is 5.98. The SMILES string of the molecule is O=CC(CC1CCc2ccccc2C1)NC(c1ccccc1)c1ccccc1. The third-order valence-electron chi connectivity index (χ3n) is 5.85. The first-order valence-electron chi connectivity index (χ1n) is 10.2. The molecule has 0 saturated carbocycles. The van der Waals surface area contributed by atoms with Gasteiger partial charge in [-0.1, -0.05) is 84.9 Å². The number of nitrogens with one attached hydrogen (secondary N) is 1. The Morgan fingerprint density at radius 2 is 1.39 bits per heavy atom. The summed E-state index contributed by atoms with van der Waals surface area (Å²) in [5.74, 6) is 0.546. The number of aryl methyl sites for hydroxylation is 1. The van der Waals surface area contributed by atoms with Crippen LogP contribution in [0, 0.1) is 5.92 Å². The van der Waals surface area contributed by atoms with Crippen molar-refractivity contribution in [2.24, 2.45) is 5.92 Å². The topological polar surface area (TPSA) is 29.1 Å². The van der Waals surface area contributed by atoms with Crippen LogP contribution < -0.4 is 5.32 Å². The maximum atomic E-state index is 12.0. The molecule has 1 aliphatic carbocycles. The molecule has 2 heteroatoms. The lowest BCUT2D eigenvalue weighted by atomic mass is 9.81. The first-order valence-corrected chi connectivity index (χ1v) is 10.2. The van der Waals surface area contributed by atoms with Crippen LogP contribution in [-0.2, 0) is 17.6 Å². The second-order valence-corrected chi connectivity index (χ2v) is 7.78. The number of aldehydes is 1. The Morgan fingerprint density at radius 3 is 2.00 bits per heavy atom. The fourth-order valence-corrected chi connectivity index (χ4v) is 4.39. The summed E-state index contributed by atoms with van der Waals surface area (Å²) in [6, 6.07) is 29.4. The van der Waals surface area contributed by atoms with Gasteiger partial charge in [0.2, 0.25) is 0 Å². The molecule has 1 aliphatic rings. The van der Waals surface area contributed by atoms with Gasteiger partial charge in [0, 0.05) is 0 Å². The molecule has 1 N–H and O–H groups in total. The predicted octanol–water partition coefficient (Wildman–Crippen LogP) is 5.13. The maximum Gasteiger partial charge on any atom is 0.136 e. The average molecular weight is 370 g/mol. The minimum absolute atomic E-state index is 0.0217. The molecule has 0 heterocycles. The third kappa shape index (κ3) is 4.40. The van der Waals surface area contributed by atoms with Crippen LogP contribution in [0.4, 0.5) is 0 Å². The quantitative estimate of drug-likeness (QED) is 0.585. The van der Waals surface area contributed by atoms with E-state index in [4.69, 9.17) is 0 Å². The standard InChI is InChI=1S/C26H27NO/c28-19-25(18-20-15-16-21-9-7-8-14-24(21)17-20)27-26(22-10-3-1-4-11-22)23-12-5-2-6-13-23/h1-14,19-20,25-27H,15-18H2. The molecule has 28 heavy (non-hydrogen) atoms. The monoisotopic (exact) mass is 369 g/mol. The van der Waals surface area contributed by atoms with Crippen LogP contribution in [0.25, 0.3) is 0 Å². The molecule has 0 amide bonds. The Labute approximate surface area is 167 Å². The molecule has 0 radical (unpaired) electrons. The fourth-order valence-electron chi connectivity index (χ4n) is 4.39. The van der Waals surface area contributed by atoms with E-state index in [-0.39, 0.29) is 12.1 Å². The van der Waals surface area contributed by atoms with Gasteiger partial charge in [0.1, 0.15) is 6.29 Å². The van der Waals surface area contributed by atoms with Gasteiger partial charge < -0.3 is 4.79 Å². The van der Waals surface area contributed by atoms with E-state index in [0.717, 1.165) is 32.0 Å². The fraction of sp³-hybridized carbons (Fsp3) is 0.269. The number of rotatable bonds is 7. The molecule has 2 unspecified atom stereocenters. The summed E-state index contributed by atoms with van der Waals surface area (Å²) in [6.45, 7) is 0. The first kappa shape index (κ1) is 18.6. The van der Waals surface area contributed by atoms with Crippen molar-refractivity contribution in [2.45, 2.75) is 37.8 Å². The highest BCUT2D eigenvalue weighted by Gasteiger charge is 2.24. The second-order valence-electron chi connectivity index (χ2n) is 7.78. The van der Waals surface area contributed by atoms with Crippen LogP contribution in [0.5, 0.6) is 0 Å². The summed E-state index contributed by atoms with van der Waals surface area (Å²) in [4.78, 5) is 12.0. The molecule has 3 aromatic rings. The van der Waals surface area contributed by atoms with Crippen LogP contribution in [0.3, 0.4) is 0 Å². The second kappa shape index (κ2) is 8.99. The molecule has 0 fully saturated rings. The van der Waals surface area contributed by atoms with Crippen LogP contribution in [-0.4, -0.2) is 12.3 Å². The van der Waals surface area contributed by atoms with E-state index < -0.39 is 0 Å². The smallest absolute Gasteiger partial charge is 0.136 e. The van der Waals surface area contributed by atoms with Crippen molar-refractivity contribution in [3.8, 4) is 0 Å². The highest BCUT2D eigenvalue weighted by molar-refractivity contribution is 5.58. The Balaban J connectivity index is 1.50. The zero-order chi connectivity index (χ0) is 19.2. The van der Waals surface area contributed by atoms with E-state index >= 15 is 0 Å². The minimum atomic E-state index is -0.152. The average Bonchev–Trinajstić information content (AvgIpc) is 2.77. The van der Waals surface area contributed by atoms with Crippen LogP contribution >= 0.6 is 0 Å². The normalized spacial score (nSPS) is 17.1. The molecule has 0 aromatic heterocycles. The van der Waals surface area contributed by atoms with Crippen molar-refractivity contribution in [3.63, 3.8) is 0 Å². The largest absolute Gasteiger partial charge is 0.302 e. The molecule has 0 saturated heterocycles. The third-order valence-corrected chi connectivity index (χ3v) is 5.85. The number of hydrogen-bond donors (Lipinski definition) is 1. The highest BCUT2D eigenvalue weighted by Crippen LogP contribution is 2.29. The minimum Gasteiger partial charge on any atom is -0.302 e. The molecule has 0 aliphatic heterocycles. The molecular weight excluding hydrogens is 342 g/mol.